The van der Waals surface area contributed by atoms with Crippen molar-refractivity contribution in [3.05, 3.63) is 41.5 Å². The van der Waals surface area contributed by atoms with E-state index in [0.29, 0.717) is 6.42 Å². The average Bonchev–Trinajstić information content (AvgIpc) is 2.44. The highest BCUT2D eigenvalue weighted by Crippen LogP contribution is 2.33. The quantitative estimate of drug-likeness (QED) is 0.493. The summed E-state index contributed by atoms with van der Waals surface area (Å²) in [4.78, 5) is 12.3. The fourth-order valence-electron chi connectivity index (χ4n) is 2.61. The zero-order valence-corrected chi connectivity index (χ0v) is 15.0. The standard InChI is InChI=1S/C18H22O5Si/c1-24(2,3)17-8-11(4-6-13(17)20)5-7-14(21)18-15(22)9-12(19)10-16(18)23/h4,6,8-10,19-20,22-23H,5,7H2,1-3H3. The summed E-state index contributed by atoms with van der Waals surface area (Å²) in [6, 6.07) is 7.38. The maximum absolute atomic E-state index is 12.3. The Balaban J connectivity index is 2.19. The van der Waals surface area contributed by atoms with Gasteiger partial charge in [0.15, 0.2) is 5.78 Å². The minimum Gasteiger partial charge on any atom is -0.508 e. The van der Waals surface area contributed by atoms with Gasteiger partial charge in [-0.15, -0.1) is 0 Å². The van der Waals surface area contributed by atoms with Crippen LogP contribution in [-0.2, 0) is 6.42 Å². The Labute approximate surface area is 141 Å². The van der Waals surface area contributed by atoms with E-state index in [-0.39, 0.29) is 23.5 Å². The zero-order valence-electron chi connectivity index (χ0n) is 14.0. The van der Waals surface area contributed by atoms with Gasteiger partial charge >= 0.3 is 0 Å². The van der Waals surface area contributed by atoms with E-state index < -0.39 is 25.4 Å². The van der Waals surface area contributed by atoms with Crippen LogP contribution in [0.2, 0.25) is 19.6 Å². The molecule has 6 heteroatoms. The van der Waals surface area contributed by atoms with Crippen molar-refractivity contribution >= 4 is 19.0 Å². The van der Waals surface area contributed by atoms with Gasteiger partial charge in [-0.05, 0) is 23.2 Å². The SMILES string of the molecule is C[Si](C)(C)c1cc(CCC(=O)c2c(O)cc(O)cc2O)ccc1O. The molecule has 2 aromatic carbocycles. The van der Waals surface area contributed by atoms with E-state index in [1.807, 2.05) is 6.07 Å². The van der Waals surface area contributed by atoms with E-state index in [1.165, 1.54) is 0 Å². The largest absolute Gasteiger partial charge is 0.508 e. The highest BCUT2D eigenvalue weighted by Gasteiger charge is 2.21. The average molecular weight is 346 g/mol. The Bertz CT molecular complexity index is 754. The van der Waals surface area contributed by atoms with E-state index in [0.717, 1.165) is 22.9 Å². The van der Waals surface area contributed by atoms with Crippen LogP contribution >= 0.6 is 0 Å². The minimum absolute atomic E-state index is 0.0990. The first-order valence-electron chi connectivity index (χ1n) is 7.70. The number of carbonyl (C=O) groups is 1. The molecule has 4 N–H and O–H groups in total. The maximum Gasteiger partial charge on any atom is 0.170 e. The summed E-state index contributed by atoms with van der Waals surface area (Å²) in [5.41, 5.74) is 0.730. The number of carbonyl (C=O) groups excluding carboxylic acids is 1. The van der Waals surface area contributed by atoms with Gasteiger partial charge in [-0.1, -0.05) is 31.8 Å². The van der Waals surface area contributed by atoms with Crippen molar-refractivity contribution in [3.8, 4) is 23.0 Å². The second-order valence-corrected chi connectivity index (χ2v) is 11.9. The highest BCUT2D eigenvalue weighted by molar-refractivity contribution is 6.89. The summed E-state index contributed by atoms with van der Waals surface area (Å²) < 4.78 is 0. The summed E-state index contributed by atoms with van der Waals surface area (Å²) in [7, 11) is -1.70. The van der Waals surface area contributed by atoms with Gasteiger partial charge in [-0.2, -0.15) is 0 Å². The van der Waals surface area contributed by atoms with Crippen LogP contribution in [0.1, 0.15) is 22.3 Å². The third kappa shape index (κ3) is 3.89. The maximum atomic E-state index is 12.3. The normalized spacial score (nSPS) is 11.5. The highest BCUT2D eigenvalue weighted by atomic mass is 28.3. The molecule has 0 spiro atoms. The fraction of sp³-hybridized carbons (Fsp3) is 0.278. The third-order valence-corrected chi connectivity index (χ3v) is 5.89. The zero-order chi connectivity index (χ0) is 18.1. The van der Waals surface area contributed by atoms with E-state index >= 15 is 0 Å². The first-order valence-corrected chi connectivity index (χ1v) is 11.2. The Morgan fingerprint density at radius 2 is 1.50 bits per heavy atom. The van der Waals surface area contributed by atoms with Crippen molar-refractivity contribution in [2.24, 2.45) is 0 Å². The molecule has 0 aliphatic rings. The van der Waals surface area contributed by atoms with Crippen LogP contribution in [0.25, 0.3) is 0 Å². The summed E-state index contributed by atoms with van der Waals surface area (Å²) in [6.07, 6.45) is 0.526. The number of hydrogen-bond donors (Lipinski definition) is 4. The molecule has 0 aliphatic heterocycles. The molecule has 0 aromatic heterocycles. The van der Waals surface area contributed by atoms with Crippen LogP contribution in [0.5, 0.6) is 23.0 Å². The molecule has 0 unspecified atom stereocenters. The molecule has 0 heterocycles. The summed E-state index contributed by atoms with van der Waals surface area (Å²) in [5, 5.41) is 39.7. The van der Waals surface area contributed by atoms with Crippen molar-refractivity contribution in [2.45, 2.75) is 32.5 Å². The number of Topliss-reactive ketones (excluding diaryl/α,β-unsaturated/α-hetero) is 1. The van der Waals surface area contributed by atoms with E-state index in [1.54, 1.807) is 12.1 Å². The Morgan fingerprint density at radius 1 is 0.917 bits per heavy atom. The second kappa shape index (κ2) is 6.57. The van der Waals surface area contributed by atoms with Gasteiger partial charge in [0.05, 0.1) is 8.07 Å². The Morgan fingerprint density at radius 3 is 2.04 bits per heavy atom. The lowest BCUT2D eigenvalue weighted by atomic mass is 10.0. The monoisotopic (exact) mass is 346 g/mol. The smallest absolute Gasteiger partial charge is 0.170 e. The topological polar surface area (TPSA) is 98.0 Å². The number of rotatable bonds is 5. The minimum atomic E-state index is -1.70. The molecule has 0 saturated carbocycles. The molecule has 24 heavy (non-hydrogen) atoms. The third-order valence-electron chi connectivity index (χ3n) is 3.87. The van der Waals surface area contributed by atoms with Gasteiger partial charge in [0.25, 0.3) is 0 Å². The lowest BCUT2D eigenvalue weighted by molar-refractivity contribution is 0.0977. The second-order valence-electron chi connectivity index (χ2n) is 6.88. The van der Waals surface area contributed by atoms with E-state index in [9.17, 15) is 25.2 Å². The first-order chi connectivity index (χ1) is 11.1. The van der Waals surface area contributed by atoms with Crippen LogP contribution in [0, 0.1) is 0 Å². The molecule has 0 saturated heterocycles. The van der Waals surface area contributed by atoms with Crippen LogP contribution in [0.4, 0.5) is 0 Å². The molecular formula is C18H22O5Si. The molecule has 0 aliphatic carbocycles. The lowest BCUT2D eigenvalue weighted by Gasteiger charge is -2.19. The number of phenols is 4. The van der Waals surface area contributed by atoms with Gasteiger partial charge in [-0.3, -0.25) is 4.79 Å². The van der Waals surface area contributed by atoms with Crippen molar-refractivity contribution in [1.29, 1.82) is 0 Å². The molecule has 0 atom stereocenters. The van der Waals surface area contributed by atoms with Crippen LogP contribution < -0.4 is 5.19 Å². The molecule has 0 fully saturated rings. The fourth-order valence-corrected chi connectivity index (χ4v) is 4.08. The van der Waals surface area contributed by atoms with Gasteiger partial charge in [0.2, 0.25) is 0 Å². The Kier molecular flexibility index (Phi) is 4.89. The summed E-state index contributed by atoms with van der Waals surface area (Å²) >= 11 is 0. The molecule has 0 radical (unpaired) electrons. The molecular weight excluding hydrogens is 324 g/mol. The molecule has 128 valence electrons. The number of ketones is 1. The number of phenolic OH excluding ortho intramolecular Hbond substituents is 4. The lowest BCUT2D eigenvalue weighted by Crippen LogP contribution is -2.37. The summed E-state index contributed by atoms with van der Waals surface area (Å²) in [6.45, 7) is 6.39. The van der Waals surface area contributed by atoms with E-state index in [4.69, 9.17) is 0 Å². The van der Waals surface area contributed by atoms with Gasteiger partial charge in [0.1, 0.15) is 28.6 Å². The van der Waals surface area contributed by atoms with Crippen LogP contribution in [-0.4, -0.2) is 34.3 Å². The molecule has 0 bridgehead atoms. The predicted octanol–water partition coefficient (Wildman–Crippen LogP) is 2.87. The van der Waals surface area contributed by atoms with Crippen molar-refractivity contribution in [3.63, 3.8) is 0 Å². The van der Waals surface area contributed by atoms with Crippen molar-refractivity contribution in [2.75, 3.05) is 0 Å². The molecule has 5 nitrogen and oxygen atoms in total. The molecule has 0 amide bonds. The Hall–Kier alpha value is -2.47. The predicted molar refractivity (Wildman–Crippen MR) is 95.2 cm³/mol. The molecule has 2 rings (SSSR count). The number of aromatic hydroxyl groups is 4. The number of benzene rings is 2. The van der Waals surface area contributed by atoms with Crippen molar-refractivity contribution < 1.29 is 25.2 Å². The van der Waals surface area contributed by atoms with E-state index in [2.05, 4.69) is 19.6 Å². The van der Waals surface area contributed by atoms with Gasteiger partial charge < -0.3 is 20.4 Å². The van der Waals surface area contributed by atoms with Crippen LogP contribution in [0.3, 0.4) is 0 Å². The van der Waals surface area contributed by atoms with Crippen LogP contribution in [0.15, 0.2) is 30.3 Å². The first kappa shape index (κ1) is 17.9. The van der Waals surface area contributed by atoms with Gasteiger partial charge in [-0.25, -0.2) is 0 Å². The van der Waals surface area contributed by atoms with Gasteiger partial charge in [0, 0.05) is 18.6 Å². The van der Waals surface area contributed by atoms with Crippen molar-refractivity contribution in [1.82, 2.24) is 0 Å². The number of aryl methyl sites for hydroxylation is 1. The number of hydrogen-bond acceptors (Lipinski definition) is 5. The molecule has 2 aromatic rings. The summed E-state index contributed by atoms with van der Waals surface area (Å²) in [5.74, 6) is -1.32.